The minimum atomic E-state index is -0.0209. The molecule has 0 bridgehead atoms. The fourth-order valence-corrected chi connectivity index (χ4v) is 2.35. The van der Waals surface area contributed by atoms with Crippen LogP contribution < -0.4 is 0 Å². The van der Waals surface area contributed by atoms with Gasteiger partial charge in [0.15, 0.2) is 0 Å². The second-order valence-electron chi connectivity index (χ2n) is 4.78. The van der Waals surface area contributed by atoms with Gasteiger partial charge in [0.2, 0.25) is 0 Å². The van der Waals surface area contributed by atoms with E-state index in [0.29, 0.717) is 5.88 Å². The average Bonchev–Trinajstić information content (AvgIpc) is 2.63. The van der Waals surface area contributed by atoms with Crippen LogP contribution in [0.4, 0.5) is 0 Å². The molecule has 2 nitrogen and oxygen atoms in total. The van der Waals surface area contributed by atoms with Crippen LogP contribution in [0, 0.1) is 0 Å². The summed E-state index contributed by atoms with van der Waals surface area (Å²) in [5.41, 5.74) is 0.972. The van der Waals surface area contributed by atoms with Crippen LogP contribution in [-0.2, 0) is 17.0 Å². The van der Waals surface area contributed by atoms with Crippen molar-refractivity contribution in [2.24, 2.45) is 0 Å². The highest BCUT2D eigenvalue weighted by molar-refractivity contribution is 7.09. The molecule has 0 aliphatic rings. The Morgan fingerprint density at radius 1 is 1.38 bits per heavy atom. The molecule has 0 radical (unpaired) electrons. The number of thiazole rings is 1. The van der Waals surface area contributed by atoms with Gasteiger partial charge in [-0.05, 0) is 40.0 Å². The van der Waals surface area contributed by atoms with Gasteiger partial charge in [-0.25, -0.2) is 4.98 Å². The molecule has 0 aliphatic carbocycles. The van der Waals surface area contributed by atoms with Gasteiger partial charge in [-0.1, -0.05) is 0 Å². The van der Waals surface area contributed by atoms with Crippen LogP contribution in [0.25, 0.3) is 0 Å². The van der Waals surface area contributed by atoms with Gasteiger partial charge in [-0.2, -0.15) is 0 Å². The van der Waals surface area contributed by atoms with Crippen LogP contribution in [0.5, 0.6) is 0 Å². The summed E-state index contributed by atoms with van der Waals surface area (Å²) in [4.78, 5) is 4.42. The zero-order valence-electron chi connectivity index (χ0n) is 10.3. The summed E-state index contributed by atoms with van der Waals surface area (Å²) >= 11 is 7.40. The Bertz CT molecular complexity index is 306. The fourth-order valence-electron chi connectivity index (χ4n) is 1.28. The summed E-state index contributed by atoms with van der Waals surface area (Å²) in [6.45, 7) is 7.08. The quantitative estimate of drug-likeness (QED) is 0.570. The molecule has 1 aromatic heterocycles. The summed E-state index contributed by atoms with van der Waals surface area (Å²) in [6.07, 6.45) is 3.26. The Hall–Kier alpha value is -0.120. The first kappa shape index (κ1) is 13.9. The average molecular weight is 262 g/mol. The predicted octanol–water partition coefficient (Wildman–Crippen LogP) is 4.02. The van der Waals surface area contributed by atoms with Gasteiger partial charge in [0.05, 0.1) is 22.2 Å². The third-order valence-corrected chi connectivity index (χ3v) is 3.29. The molecular formula is C12H20ClNOS. The van der Waals surface area contributed by atoms with Crippen molar-refractivity contribution in [1.82, 2.24) is 4.98 Å². The number of aromatic nitrogens is 1. The molecule has 1 aromatic rings. The zero-order chi connectivity index (χ0) is 12.0. The Kier molecular flexibility index (Phi) is 5.73. The highest BCUT2D eigenvalue weighted by Crippen LogP contribution is 2.14. The van der Waals surface area contributed by atoms with E-state index in [2.05, 4.69) is 25.8 Å². The number of rotatable bonds is 6. The molecule has 0 amide bonds. The van der Waals surface area contributed by atoms with E-state index in [9.17, 15) is 0 Å². The summed E-state index contributed by atoms with van der Waals surface area (Å²) in [5, 5.41) is 3.22. The molecule has 0 aromatic carbocycles. The van der Waals surface area contributed by atoms with E-state index in [-0.39, 0.29) is 5.60 Å². The lowest BCUT2D eigenvalue weighted by molar-refractivity contribution is -0.00452. The van der Waals surface area contributed by atoms with Crippen molar-refractivity contribution < 1.29 is 4.74 Å². The number of unbranched alkanes of at least 4 members (excludes halogenated alkanes) is 1. The SMILES string of the molecule is CC(C)(C)OCCCCc1nc(CCl)cs1. The molecule has 1 rings (SSSR count). The van der Waals surface area contributed by atoms with Gasteiger partial charge in [-0.3, -0.25) is 0 Å². The van der Waals surface area contributed by atoms with Gasteiger partial charge in [0, 0.05) is 12.0 Å². The predicted molar refractivity (Wildman–Crippen MR) is 70.3 cm³/mol. The van der Waals surface area contributed by atoms with Crippen molar-refractivity contribution in [1.29, 1.82) is 0 Å². The van der Waals surface area contributed by atoms with Gasteiger partial charge >= 0.3 is 0 Å². The fraction of sp³-hybridized carbons (Fsp3) is 0.750. The maximum Gasteiger partial charge on any atom is 0.0928 e. The molecule has 0 N–H and O–H groups in total. The molecule has 0 aliphatic heterocycles. The number of hydrogen-bond acceptors (Lipinski definition) is 3. The molecule has 0 saturated heterocycles. The zero-order valence-corrected chi connectivity index (χ0v) is 11.8. The number of alkyl halides is 1. The molecule has 92 valence electrons. The Balaban J connectivity index is 2.11. The minimum absolute atomic E-state index is 0.0209. The Morgan fingerprint density at radius 3 is 2.69 bits per heavy atom. The van der Waals surface area contributed by atoms with Crippen molar-refractivity contribution in [3.05, 3.63) is 16.1 Å². The van der Waals surface area contributed by atoms with Crippen LogP contribution in [0.2, 0.25) is 0 Å². The van der Waals surface area contributed by atoms with E-state index in [1.165, 1.54) is 5.01 Å². The van der Waals surface area contributed by atoms with E-state index >= 15 is 0 Å². The van der Waals surface area contributed by atoms with E-state index in [1.54, 1.807) is 11.3 Å². The molecule has 0 atom stereocenters. The number of ether oxygens (including phenoxy) is 1. The lowest BCUT2D eigenvalue weighted by Gasteiger charge is -2.19. The minimum Gasteiger partial charge on any atom is -0.376 e. The highest BCUT2D eigenvalue weighted by atomic mass is 35.5. The first-order chi connectivity index (χ1) is 7.51. The number of hydrogen-bond donors (Lipinski definition) is 0. The van der Waals surface area contributed by atoms with Crippen LogP contribution in [0.1, 0.15) is 44.3 Å². The first-order valence-corrected chi connectivity index (χ1v) is 7.06. The third kappa shape index (κ3) is 5.83. The van der Waals surface area contributed by atoms with Crippen molar-refractivity contribution in [2.75, 3.05) is 6.61 Å². The smallest absolute Gasteiger partial charge is 0.0928 e. The van der Waals surface area contributed by atoms with Crippen LogP contribution >= 0.6 is 22.9 Å². The summed E-state index contributed by atoms with van der Waals surface area (Å²) in [6, 6.07) is 0. The van der Waals surface area contributed by atoms with Crippen LogP contribution in [0.15, 0.2) is 5.38 Å². The van der Waals surface area contributed by atoms with Crippen LogP contribution in [0.3, 0.4) is 0 Å². The molecule has 4 heteroatoms. The number of halogens is 1. The first-order valence-electron chi connectivity index (χ1n) is 5.64. The lowest BCUT2D eigenvalue weighted by atomic mass is 10.2. The Morgan fingerprint density at radius 2 is 2.12 bits per heavy atom. The molecule has 0 unspecified atom stereocenters. The topological polar surface area (TPSA) is 22.1 Å². The van der Waals surface area contributed by atoms with Crippen molar-refractivity contribution in [3.8, 4) is 0 Å². The number of nitrogens with zero attached hydrogens (tertiary/aromatic N) is 1. The summed E-state index contributed by atoms with van der Waals surface area (Å²) < 4.78 is 5.66. The van der Waals surface area contributed by atoms with Crippen molar-refractivity contribution >= 4 is 22.9 Å². The molecule has 16 heavy (non-hydrogen) atoms. The second-order valence-corrected chi connectivity index (χ2v) is 5.99. The van der Waals surface area contributed by atoms with Crippen molar-refractivity contribution in [2.45, 2.75) is 51.5 Å². The second kappa shape index (κ2) is 6.58. The standard InChI is InChI=1S/C12H20ClNOS/c1-12(2,3)15-7-5-4-6-11-14-10(8-13)9-16-11/h9H,4-8H2,1-3H3. The monoisotopic (exact) mass is 261 g/mol. The van der Waals surface area contributed by atoms with Gasteiger partial charge in [0.25, 0.3) is 0 Å². The third-order valence-electron chi connectivity index (χ3n) is 2.06. The van der Waals surface area contributed by atoms with E-state index in [1.807, 2.05) is 5.38 Å². The maximum atomic E-state index is 5.70. The molecule has 0 saturated carbocycles. The number of aryl methyl sites for hydroxylation is 1. The largest absolute Gasteiger partial charge is 0.376 e. The maximum absolute atomic E-state index is 5.70. The lowest BCUT2D eigenvalue weighted by Crippen LogP contribution is -2.19. The van der Waals surface area contributed by atoms with Gasteiger partial charge < -0.3 is 4.74 Å². The van der Waals surface area contributed by atoms with Crippen LogP contribution in [-0.4, -0.2) is 17.2 Å². The summed E-state index contributed by atoms with van der Waals surface area (Å²) in [7, 11) is 0. The van der Waals surface area contributed by atoms with Gasteiger partial charge in [-0.15, -0.1) is 22.9 Å². The molecular weight excluding hydrogens is 242 g/mol. The molecule has 0 fully saturated rings. The van der Waals surface area contributed by atoms with E-state index in [0.717, 1.165) is 31.6 Å². The molecule has 1 heterocycles. The van der Waals surface area contributed by atoms with Gasteiger partial charge in [0.1, 0.15) is 0 Å². The van der Waals surface area contributed by atoms with Crippen molar-refractivity contribution in [3.63, 3.8) is 0 Å². The van der Waals surface area contributed by atoms with E-state index < -0.39 is 0 Å². The Labute approximate surface area is 107 Å². The van der Waals surface area contributed by atoms with E-state index in [4.69, 9.17) is 16.3 Å². The molecule has 0 spiro atoms. The normalized spacial score (nSPS) is 12.0. The highest BCUT2D eigenvalue weighted by Gasteiger charge is 2.09. The summed E-state index contributed by atoms with van der Waals surface area (Å²) in [5.74, 6) is 0.517.